The second-order valence-corrected chi connectivity index (χ2v) is 12.2. The standard InChI is InChI=1S/C22H23N3O7S3/c1-2-30-19(26)12-25-15-9-16-17(32-13-31-16)10-18(15)34-22(25)23-21(27)14-5-3-7-24(11-14)35(28,29)20-6-4-8-33-20/h4,6,8-10,14H,2-3,5,7,11-13H2,1H3. The molecule has 10 nitrogen and oxygen atoms in total. The lowest BCUT2D eigenvalue weighted by atomic mass is 9.99. The van der Waals surface area contributed by atoms with E-state index < -0.39 is 27.8 Å². The summed E-state index contributed by atoms with van der Waals surface area (Å²) in [6.07, 6.45) is 1.10. The van der Waals surface area contributed by atoms with E-state index in [0.717, 1.165) is 16.0 Å². The molecule has 13 heteroatoms. The average molecular weight is 538 g/mol. The maximum Gasteiger partial charge on any atom is 0.326 e. The maximum atomic E-state index is 13.2. The third-order valence-electron chi connectivity index (χ3n) is 5.80. The first-order valence-electron chi connectivity index (χ1n) is 11.1. The molecule has 35 heavy (non-hydrogen) atoms. The van der Waals surface area contributed by atoms with E-state index in [1.165, 1.54) is 15.6 Å². The Bertz CT molecular complexity index is 1440. The highest BCUT2D eigenvalue weighted by Crippen LogP contribution is 2.37. The molecule has 2 aromatic heterocycles. The summed E-state index contributed by atoms with van der Waals surface area (Å²) in [5.74, 6) is -0.310. The molecule has 1 saturated heterocycles. The van der Waals surface area contributed by atoms with E-state index in [9.17, 15) is 18.0 Å². The van der Waals surface area contributed by atoms with Gasteiger partial charge in [0.1, 0.15) is 10.8 Å². The molecular formula is C22H23N3O7S3. The zero-order valence-electron chi connectivity index (χ0n) is 18.8. The summed E-state index contributed by atoms with van der Waals surface area (Å²) < 4.78 is 45.9. The number of carbonyl (C=O) groups is 2. The highest BCUT2D eigenvalue weighted by molar-refractivity contribution is 7.91. The van der Waals surface area contributed by atoms with Gasteiger partial charge in [-0.05, 0) is 31.2 Å². The maximum absolute atomic E-state index is 13.2. The van der Waals surface area contributed by atoms with E-state index >= 15 is 0 Å². The van der Waals surface area contributed by atoms with Crippen LogP contribution in [0.2, 0.25) is 0 Å². The Balaban J connectivity index is 1.47. The molecule has 3 aromatic rings. The van der Waals surface area contributed by atoms with Gasteiger partial charge in [-0.2, -0.15) is 9.30 Å². The third-order valence-corrected chi connectivity index (χ3v) is 10.1. The number of thiophene rings is 1. The minimum absolute atomic E-state index is 0.0707. The fourth-order valence-electron chi connectivity index (χ4n) is 4.12. The minimum atomic E-state index is -3.65. The fourth-order valence-corrected chi connectivity index (χ4v) is 7.83. The number of amides is 1. The average Bonchev–Trinajstić information content (AvgIpc) is 3.59. The monoisotopic (exact) mass is 537 g/mol. The molecule has 2 aliphatic rings. The summed E-state index contributed by atoms with van der Waals surface area (Å²) >= 11 is 2.40. The van der Waals surface area contributed by atoms with Crippen LogP contribution in [0.3, 0.4) is 0 Å². The number of hydrogen-bond donors (Lipinski definition) is 0. The molecule has 2 aliphatic heterocycles. The first-order chi connectivity index (χ1) is 16.9. The number of piperidine rings is 1. The Hall–Kier alpha value is -2.74. The van der Waals surface area contributed by atoms with Crippen molar-refractivity contribution >= 4 is 54.8 Å². The zero-order valence-corrected chi connectivity index (χ0v) is 21.3. The number of fused-ring (bicyclic) bond motifs is 2. The SMILES string of the molecule is CCOC(=O)Cn1c(=NC(=O)C2CCCN(S(=O)(=O)c3cccs3)C2)sc2cc3c(cc21)OCO3. The lowest BCUT2D eigenvalue weighted by Gasteiger charge is -2.29. The van der Waals surface area contributed by atoms with Gasteiger partial charge in [-0.25, -0.2) is 8.42 Å². The van der Waals surface area contributed by atoms with Crippen LogP contribution in [0.15, 0.2) is 38.8 Å². The highest BCUT2D eigenvalue weighted by atomic mass is 32.2. The predicted molar refractivity (Wildman–Crippen MR) is 129 cm³/mol. The van der Waals surface area contributed by atoms with Crippen LogP contribution in [0.4, 0.5) is 0 Å². The molecule has 0 N–H and O–H groups in total. The van der Waals surface area contributed by atoms with Gasteiger partial charge in [0, 0.05) is 25.2 Å². The van der Waals surface area contributed by atoms with E-state index in [0.29, 0.717) is 41.2 Å². The Labute approximate surface area is 209 Å². The molecule has 1 atom stereocenters. The van der Waals surface area contributed by atoms with Crippen LogP contribution >= 0.6 is 22.7 Å². The van der Waals surface area contributed by atoms with Crippen molar-refractivity contribution in [3.8, 4) is 11.5 Å². The smallest absolute Gasteiger partial charge is 0.326 e. The lowest BCUT2D eigenvalue weighted by Crippen LogP contribution is -2.42. The largest absolute Gasteiger partial charge is 0.465 e. The number of esters is 1. The number of rotatable bonds is 6. The van der Waals surface area contributed by atoms with Gasteiger partial charge in [-0.15, -0.1) is 11.3 Å². The van der Waals surface area contributed by atoms with Crippen molar-refractivity contribution in [3.63, 3.8) is 0 Å². The number of ether oxygens (including phenoxy) is 3. The molecule has 186 valence electrons. The van der Waals surface area contributed by atoms with Crippen molar-refractivity contribution in [1.29, 1.82) is 0 Å². The van der Waals surface area contributed by atoms with E-state index in [1.807, 2.05) is 0 Å². The van der Waals surface area contributed by atoms with Crippen LogP contribution in [-0.4, -0.2) is 55.7 Å². The number of benzene rings is 1. The van der Waals surface area contributed by atoms with Crippen molar-refractivity contribution in [2.45, 2.75) is 30.5 Å². The van der Waals surface area contributed by atoms with Gasteiger partial charge in [0.2, 0.25) is 6.79 Å². The molecule has 4 heterocycles. The molecule has 1 unspecified atom stereocenters. The Morgan fingerprint density at radius 2 is 2.06 bits per heavy atom. The number of sulfonamides is 1. The fraction of sp³-hybridized carbons (Fsp3) is 0.409. The van der Waals surface area contributed by atoms with Crippen LogP contribution in [0.25, 0.3) is 10.2 Å². The number of aromatic nitrogens is 1. The van der Waals surface area contributed by atoms with Crippen molar-refractivity contribution < 1.29 is 32.2 Å². The second-order valence-electron chi connectivity index (χ2n) is 8.03. The summed E-state index contributed by atoms with van der Waals surface area (Å²) in [5, 5.41) is 1.71. The number of hydrogen-bond acceptors (Lipinski definition) is 9. The Morgan fingerprint density at radius 3 is 2.80 bits per heavy atom. The van der Waals surface area contributed by atoms with Crippen molar-refractivity contribution in [1.82, 2.24) is 8.87 Å². The molecule has 0 spiro atoms. The highest BCUT2D eigenvalue weighted by Gasteiger charge is 2.34. The zero-order chi connectivity index (χ0) is 24.6. The van der Waals surface area contributed by atoms with Crippen molar-refractivity contribution in [3.05, 3.63) is 34.4 Å². The Kier molecular flexibility index (Phi) is 6.66. The van der Waals surface area contributed by atoms with Gasteiger partial charge in [-0.1, -0.05) is 17.4 Å². The molecule has 1 aromatic carbocycles. The third kappa shape index (κ3) is 4.73. The van der Waals surface area contributed by atoms with Gasteiger partial charge >= 0.3 is 5.97 Å². The van der Waals surface area contributed by atoms with E-state index in [-0.39, 0.29) is 30.7 Å². The molecule has 0 aliphatic carbocycles. The van der Waals surface area contributed by atoms with Crippen LogP contribution in [0.5, 0.6) is 11.5 Å². The van der Waals surface area contributed by atoms with Crippen molar-refractivity contribution in [2.24, 2.45) is 10.9 Å². The molecule has 1 amide bonds. The van der Waals surface area contributed by atoms with Crippen molar-refractivity contribution in [2.75, 3.05) is 26.5 Å². The summed E-state index contributed by atoms with van der Waals surface area (Å²) in [6.45, 7) is 2.38. The van der Waals surface area contributed by atoms with Gasteiger partial charge in [0.15, 0.2) is 16.3 Å². The quantitative estimate of drug-likeness (QED) is 0.444. The molecule has 0 radical (unpaired) electrons. The van der Waals surface area contributed by atoms with Gasteiger partial charge in [0.25, 0.3) is 15.9 Å². The van der Waals surface area contributed by atoms with Gasteiger partial charge in [0.05, 0.1) is 22.7 Å². The van der Waals surface area contributed by atoms with E-state index in [2.05, 4.69) is 4.99 Å². The summed E-state index contributed by atoms with van der Waals surface area (Å²) in [7, 11) is -3.65. The van der Waals surface area contributed by atoms with Crippen LogP contribution in [0, 0.1) is 5.92 Å². The van der Waals surface area contributed by atoms with E-state index in [4.69, 9.17) is 14.2 Å². The minimum Gasteiger partial charge on any atom is -0.465 e. The van der Waals surface area contributed by atoms with Crippen LogP contribution in [0.1, 0.15) is 19.8 Å². The van der Waals surface area contributed by atoms with Crippen LogP contribution in [-0.2, 0) is 30.9 Å². The first-order valence-corrected chi connectivity index (χ1v) is 14.2. The summed E-state index contributed by atoms with van der Waals surface area (Å²) in [4.78, 5) is 30.2. The normalized spacial score (nSPS) is 18.8. The topological polar surface area (TPSA) is 116 Å². The Morgan fingerprint density at radius 1 is 1.26 bits per heavy atom. The first kappa shape index (κ1) is 24.0. The molecule has 5 rings (SSSR count). The number of carbonyl (C=O) groups excluding carboxylic acids is 2. The summed E-state index contributed by atoms with van der Waals surface area (Å²) in [5.41, 5.74) is 0.671. The van der Waals surface area contributed by atoms with Gasteiger partial charge in [-0.3, -0.25) is 9.59 Å². The molecule has 1 fully saturated rings. The molecule has 0 bridgehead atoms. The predicted octanol–water partition coefficient (Wildman–Crippen LogP) is 2.58. The summed E-state index contributed by atoms with van der Waals surface area (Å²) in [6, 6.07) is 6.81. The van der Waals surface area contributed by atoms with Gasteiger partial charge < -0.3 is 18.8 Å². The number of nitrogens with zero attached hydrogens (tertiary/aromatic N) is 3. The second kappa shape index (κ2) is 9.72. The van der Waals surface area contributed by atoms with E-state index in [1.54, 1.807) is 41.1 Å². The molecule has 0 saturated carbocycles. The number of thiazole rings is 1. The van der Waals surface area contributed by atoms with Crippen LogP contribution < -0.4 is 14.3 Å². The molecular weight excluding hydrogens is 514 g/mol. The lowest BCUT2D eigenvalue weighted by molar-refractivity contribution is -0.143.